The lowest BCUT2D eigenvalue weighted by molar-refractivity contribution is -0.122. The molecule has 9 nitrogen and oxygen atoms in total. The lowest BCUT2D eigenvalue weighted by Crippen LogP contribution is -2.54. The van der Waals surface area contributed by atoms with Crippen molar-refractivity contribution < 1.29 is 28.0 Å². The molecule has 200 valence electrons. The highest BCUT2D eigenvalue weighted by atomic mass is 19.1. The first-order chi connectivity index (χ1) is 18.6. The number of nitrogens with one attached hydrogen (secondary N) is 3. The number of carbonyl (C=O) groups is 4. The summed E-state index contributed by atoms with van der Waals surface area (Å²) < 4.78 is 27.9. The summed E-state index contributed by atoms with van der Waals surface area (Å²) in [6, 6.07) is 10.7. The molecule has 39 heavy (non-hydrogen) atoms. The zero-order chi connectivity index (χ0) is 27.9. The van der Waals surface area contributed by atoms with Gasteiger partial charge >= 0.3 is 6.03 Å². The third-order valence-corrected chi connectivity index (χ3v) is 7.46. The third-order valence-electron chi connectivity index (χ3n) is 7.46. The first kappa shape index (κ1) is 26.0. The predicted molar refractivity (Wildman–Crippen MR) is 138 cm³/mol. The molecule has 4 amide bonds. The summed E-state index contributed by atoms with van der Waals surface area (Å²) in [4.78, 5) is 56.1. The number of aldehydes is 1. The van der Waals surface area contributed by atoms with Gasteiger partial charge in [-0.05, 0) is 66.8 Å². The van der Waals surface area contributed by atoms with Crippen LogP contribution in [0.25, 0.3) is 0 Å². The van der Waals surface area contributed by atoms with E-state index in [1.807, 2.05) is 12.1 Å². The van der Waals surface area contributed by atoms with Crippen LogP contribution in [0.3, 0.4) is 0 Å². The molecule has 3 aromatic rings. The highest BCUT2D eigenvalue weighted by Crippen LogP contribution is 2.47. The van der Waals surface area contributed by atoms with Gasteiger partial charge in [-0.1, -0.05) is 12.1 Å². The van der Waals surface area contributed by atoms with Crippen molar-refractivity contribution in [2.75, 3.05) is 24.2 Å². The molecule has 1 aliphatic carbocycles. The molecule has 2 aromatic carbocycles. The number of amides is 4. The Balaban J connectivity index is 1.37. The van der Waals surface area contributed by atoms with Crippen LogP contribution >= 0.6 is 0 Å². The number of hydrogen-bond donors (Lipinski definition) is 3. The van der Waals surface area contributed by atoms with E-state index in [1.165, 1.54) is 14.0 Å². The van der Waals surface area contributed by atoms with Gasteiger partial charge in [-0.25, -0.2) is 18.6 Å². The molecule has 2 aliphatic rings. The van der Waals surface area contributed by atoms with E-state index in [0.29, 0.717) is 36.7 Å². The number of anilines is 2. The van der Waals surface area contributed by atoms with E-state index in [-0.39, 0.29) is 11.5 Å². The maximum absolute atomic E-state index is 13.9. The fraction of sp³-hybridized carbons (Fsp3) is 0.250. The number of fused-ring (bicyclic) bond motifs is 3. The van der Waals surface area contributed by atoms with Crippen LogP contribution in [0, 0.1) is 11.6 Å². The van der Waals surface area contributed by atoms with Gasteiger partial charge in [0.1, 0.15) is 35.8 Å². The molecule has 0 saturated carbocycles. The molecule has 1 spiro atoms. The molecule has 0 saturated heterocycles. The minimum Gasteiger partial charge on any atom is -0.341 e. The standard InChI is InChI=1S/C28H25F2N5O4/c1-27(15-36,18-9-19(29)11-20(30)10-18)35(26(39)31-2)14-23(37)33-21-6-5-16-12-28(13-17(16)8-21)22-4-3-7-32-24(22)34-25(28)38/h3-11,15H,12-14H2,1-2H3,(H,31,39)(H,33,37)(H,32,34,38)/t27?,28-/m1/s1. The van der Waals surface area contributed by atoms with Gasteiger partial charge in [0.05, 0.1) is 5.41 Å². The second-order valence-corrected chi connectivity index (χ2v) is 9.89. The Morgan fingerprint density at radius 3 is 2.54 bits per heavy atom. The molecule has 3 N–H and O–H groups in total. The Hall–Kier alpha value is -4.67. The van der Waals surface area contributed by atoms with Crippen LogP contribution < -0.4 is 16.0 Å². The Morgan fingerprint density at radius 1 is 1.13 bits per heavy atom. The van der Waals surface area contributed by atoms with Crippen molar-refractivity contribution in [2.24, 2.45) is 0 Å². The zero-order valence-electron chi connectivity index (χ0n) is 21.2. The largest absolute Gasteiger partial charge is 0.341 e. The molecular formula is C28H25F2N5O4. The van der Waals surface area contributed by atoms with Crippen molar-refractivity contribution in [1.82, 2.24) is 15.2 Å². The number of halogens is 2. The summed E-state index contributed by atoms with van der Waals surface area (Å²) in [5.41, 5.74) is 0.378. The van der Waals surface area contributed by atoms with Gasteiger partial charge in [0.2, 0.25) is 11.8 Å². The maximum Gasteiger partial charge on any atom is 0.318 e. The number of rotatable bonds is 6. The van der Waals surface area contributed by atoms with Gasteiger partial charge in [0.25, 0.3) is 0 Å². The summed E-state index contributed by atoms with van der Waals surface area (Å²) in [6.07, 6.45) is 2.90. The molecule has 0 radical (unpaired) electrons. The highest BCUT2D eigenvalue weighted by Gasteiger charge is 2.51. The van der Waals surface area contributed by atoms with Crippen molar-refractivity contribution in [2.45, 2.75) is 30.7 Å². The van der Waals surface area contributed by atoms with Gasteiger partial charge in [-0.3, -0.25) is 14.5 Å². The molecule has 1 aromatic heterocycles. The number of carbonyl (C=O) groups excluding carboxylic acids is 4. The van der Waals surface area contributed by atoms with Crippen LogP contribution in [0.5, 0.6) is 0 Å². The molecule has 2 heterocycles. The monoisotopic (exact) mass is 533 g/mol. The quantitative estimate of drug-likeness (QED) is 0.421. The number of aromatic nitrogens is 1. The highest BCUT2D eigenvalue weighted by molar-refractivity contribution is 6.06. The Kier molecular flexibility index (Phi) is 6.37. The summed E-state index contributed by atoms with van der Waals surface area (Å²) >= 11 is 0. The third kappa shape index (κ3) is 4.39. The van der Waals surface area contributed by atoms with E-state index in [4.69, 9.17) is 0 Å². The van der Waals surface area contributed by atoms with E-state index in [9.17, 15) is 28.0 Å². The summed E-state index contributed by atoms with van der Waals surface area (Å²) in [7, 11) is 1.31. The molecule has 1 unspecified atom stereocenters. The maximum atomic E-state index is 13.9. The second kappa shape index (κ2) is 9.57. The van der Waals surface area contributed by atoms with Gasteiger partial charge in [0, 0.05) is 30.6 Å². The Morgan fingerprint density at radius 2 is 1.85 bits per heavy atom. The van der Waals surface area contributed by atoms with Crippen LogP contribution in [0.15, 0.2) is 54.7 Å². The zero-order valence-corrected chi connectivity index (χ0v) is 21.2. The second-order valence-electron chi connectivity index (χ2n) is 9.89. The fourth-order valence-electron chi connectivity index (χ4n) is 5.40. The van der Waals surface area contributed by atoms with Crippen LogP contribution in [0.4, 0.5) is 25.1 Å². The van der Waals surface area contributed by atoms with Gasteiger partial charge in [-0.2, -0.15) is 0 Å². The Labute approximate surface area is 222 Å². The molecule has 0 bridgehead atoms. The topological polar surface area (TPSA) is 120 Å². The van der Waals surface area contributed by atoms with E-state index in [1.54, 1.807) is 24.4 Å². The van der Waals surface area contributed by atoms with Crippen molar-refractivity contribution in [1.29, 1.82) is 0 Å². The van der Waals surface area contributed by atoms with Crippen LogP contribution in [-0.4, -0.2) is 47.6 Å². The van der Waals surface area contributed by atoms with Gasteiger partial charge < -0.3 is 20.7 Å². The fourth-order valence-corrected chi connectivity index (χ4v) is 5.40. The van der Waals surface area contributed by atoms with Gasteiger partial charge in [0.15, 0.2) is 0 Å². The molecular weight excluding hydrogens is 508 g/mol. The van der Waals surface area contributed by atoms with Crippen molar-refractivity contribution in [3.05, 3.63) is 88.6 Å². The average Bonchev–Trinajstić information content (AvgIpc) is 3.42. The summed E-state index contributed by atoms with van der Waals surface area (Å²) in [6.45, 7) is 0.709. The van der Waals surface area contributed by atoms with Crippen molar-refractivity contribution in [3.63, 3.8) is 0 Å². The normalized spacial score (nSPS) is 18.5. The summed E-state index contributed by atoms with van der Waals surface area (Å²) in [5.74, 6) is -2.06. The molecule has 0 fully saturated rings. The van der Waals surface area contributed by atoms with Gasteiger partial charge in [-0.15, -0.1) is 0 Å². The van der Waals surface area contributed by atoms with E-state index >= 15 is 0 Å². The first-order valence-corrected chi connectivity index (χ1v) is 12.2. The molecule has 1 aliphatic heterocycles. The Bertz CT molecular complexity index is 1510. The van der Waals surface area contributed by atoms with Crippen LogP contribution in [0.2, 0.25) is 0 Å². The van der Waals surface area contributed by atoms with Crippen LogP contribution in [0.1, 0.15) is 29.2 Å². The SMILES string of the molecule is CNC(=O)N(CC(=O)Nc1ccc2c(c1)C[C@@]1(C2)C(=O)Nc2ncccc21)C(C)(C=O)c1cc(F)cc(F)c1. The molecule has 2 atom stereocenters. The average molecular weight is 534 g/mol. The van der Waals surface area contributed by atoms with Crippen LogP contribution in [-0.2, 0) is 38.2 Å². The number of nitrogens with zero attached hydrogens (tertiary/aromatic N) is 2. The molecule has 5 rings (SSSR count). The predicted octanol–water partition coefficient (Wildman–Crippen LogP) is 3.04. The number of urea groups is 1. The number of benzene rings is 2. The van der Waals surface area contributed by atoms with E-state index < -0.39 is 41.1 Å². The number of hydrogen-bond acceptors (Lipinski definition) is 5. The van der Waals surface area contributed by atoms with Crippen molar-refractivity contribution >= 4 is 35.6 Å². The first-order valence-electron chi connectivity index (χ1n) is 12.2. The lowest BCUT2D eigenvalue weighted by atomic mass is 9.79. The minimum absolute atomic E-state index is 0.124. The van der Waals surface area contributed by atoms with Crippen molar-refractivity contribution in [3.8, 4) is 0 Å². The van der Waals surface area contributed by atoms with E-state index in [0.717, 1.165) is 33.7 Å². The summed E-state index contributed by atoms with van der Waals surface area (Å²) in [5, 5.41) is 7.94. The smallest absolute Gasteiger partial charge is 0.318 e. The minimum atomic E-state index is -1.85. The lowest BCUT2D eigenvalue weighted by Gasteiger charge is -2.36. The van der Waals surface area contributed by atoms with E-state index in [2.05, 4.69) is 20.9 Å². The molecule has 11 heteroatoms. The number of pyridine rings is 1.